The number of aryl methyl sites for hydroxylation is 1. The van der Waals surface area contributed by atoms with E-state index in [1.54, 1.807) is 13.1 Å². The van der Waals surface area contributed by atoms with Crippen LogP contribution in [0, 0.1) is 10.1 Å². The van der Waals surface area contributed by atoms with Gasteiger partial charge in [-0.2, -0.15) is 0 Å². The third-order valence-corrected chi connectivity index (χ3v) is 3.99. The third-order valence-electron chi connectivity index (χ3n) is 3.99. The molecule has 2 rings (SSSR count). The number of pyridine rings is 1. The molecule has 0 radical (unpaired) electrons. The standard InChI is InChI=1S/C18H24N2O5/c1-4-6-10-24-16-14-9-8-13(20(22)23)12-15(14)19(3)18(21)17(16)25-11-7-5-2/h8-9,12H,4-7,10-11H2,1-3H3. The fraction of sp³-hybridized carbons (Fsp3) is 0.500. The molecule has 136 valence electrons. The molecule has 0 saturated carbocycles. The molecule has 0 bridgehead atoms. The van der Waals surface area contributed by atoms with Crippen LogP contribution in [0.5, 0.6) is 11.5 Å². The monoisotopic (exact) mass is 348 g/mol. The predicted octanol–water partition coefficient (Wildman–Crippen LogP) is 3.80. The van der Waals surface area contributed by atoms with Crippen LogP contribution >= 0.6 is 0 Å². The zero-order chi connectivity index (χ0) is 18.4. The number of nitro benzene ring substituents is 1. The molecule has 0 saturated heterocycles. The minimum absolute atomic E-state index is 0.0679. The van der Waals surface area contributed by atoms with E-state index in [2.05, 4.69) is 0 Å². The van der Waals surface area contributed by atoms with Crippen molar-refractivity contribution in [2.24, 2.45) is 7.05 Å². The van der Waals surface area contributed by atoms with Crippen LogP contribution in [-0.4, -0.2) is 22.7 Å². The molecule has 7 heteroatoms. The van der Waals surface area contributed by atoms with Crippen molar-refractivity contribution in [2.75, 3.05) is 13.2 Å². The van der Waals surface area contributed by atoms with Crippen molar-refractivity contribution >= 4 is 16.6 Å². The van der Waals surface area contributed by atoms with Gasteiger partial charge in [-0.25, -0.2) is 0 Å². The Morgan fingerprint density at radius 2 is 1.68 bits per heavy atom. The van der Waals surface area contributed by atoms with Crippen LogP contribution in [0.2, 0.25) is 0 Å². The normalized spacial score (nSPS) is 10.8. The van der Waals surface area contributed by atoms with Gasteiger partial charge in [0.1, 0.15) is 0 Å². The molecule has 1 aromatic carbocycles. The molecule has 1 heterocycles. The smallest absolute Gasteiger partial charge is 0.297 e. The summed E-state index contributed by atoms with van der Waals surface area (Å²) in [5.74, 6) is 0.547. The van der Waals surface area contributed by atoms with Gasteiger partial charge >= 0.3 is 0 Å². The van der Waals surface area contributed by atoms with E-state index in [4.69, 9.17) is 9.47 Å². The Bertz CT molecular complexity index is 813. The highest BCUT2D eigenvalue weighted by atomic mass is 16.6. The molecular formula is C18H24N2O5. The number of nitro groups is 1. The highest BCUT2D eigenvalue weighted by molar-refractivity contribution is 5.89. The van der Waals surface area contributed by atoms with E-state index in [1.165, 1.54) is 16.7 Å². The second-order valence-corrected chi connectivity index (χ2v) is 5.89. The van der Waals surface area contributed by atoms with Crippen LogP contribution in [0.3, 0.4) is 0 Å². The molecule has 1 aromatic heterocycles. The quantitative estimate of drug-likeness (QED) is 0.391. The Morgan fingerprint density at radius 3 is 2.24 bits per heavy atom. The molecule has 0 aliphatic heterocycles. The maximum absolute atomic E-state index is 12.7. The molecule has 0 aliphatic carbocycles. The Kier molecular flexibility index (Phi) is 6.38. The number of nitrogens with zero attached hydrogens (tertiary/aromatic N) is 2. The highest BCUT2D eigenvalue weighted by Crippen LogP contribution is 2.34. The zero-order valence-corrected chi connectivity index (χ0v) is 14.9. The fourth-order valence-corrected chi connectivity index (χ4v) is 2.49. The largest absolute Gasteiger partial charge is 0.489 e. The number of ether oxygens (including phenoxy) is 2. The van der Waals surface area contributed by atoms with Gasteiger partial charge in [0, 0.05) is 24.6 Å². The molecule has 0 unspecified atom stereocenters. The topological polar surface area (TPSA) is 83.6 Å². The van der Waals surface area contributed by atoms with Gasteiger partial charge in [-0.1, -0.05) is 26.7 Å². The van der Waals surface area contributed by atoms with Gasteiger partial charge in [0.05, 0.1) is 23.7 Å². The maximum atomic E-state index is 12.7. The van der Waals surface area contributed by atoms with Gasteiger partial charge in [-0.3, -0.25) is 14.9 Å². The average molecular weight is 348 g/mol. The van der Waals surface area contributed by atoms with E-state index in [0.29, 0.717) is 29.9 Å². The second-order valence-electron chi connectivity index (χ2n) is 5.89. The minimum Gasteiger partial charge on any atom is -0.489 e. The lowest BCUT2D eigenvalue weighted by Crippen LogP contribution is -2.21. The summed E-state index contributed by atoms with van der Waals surface area (Å²) >= 11 is 0. The molecular weight excluding hydrogens is 324 g/mol. The van der Waals surface area contributed by atoms with E-state index in [9.17, 15) is 14.9 Å². The van der Waals surface area contributed by atoms with Crippen molar-refractivity contribution in [2.45, 2.75) is 39.5 Å². The first-order valence-electron chi connectivity index (χ1n) is 8.58. The average Bonchev–Trinajstić information content (AvgIpc) is 2.61. The van der Waals surface area contributed by atoms with E-state index < -0.39 is 4.92 Å². The predicted molar refractivity (Wildman–Crippen MR) is 96.6 cm³/mol. The minimum atomic E-state index is -0.479. The first-order valence-corrected chi connectivity index (χ1v) is 8.58. The third kappa shape index (κ3) is 4.10. The number of hydrogen-bond acceptors (Lipinski definition) is 5. The summed E-state index contributed by atoms with van der Waals surface area (Å²) in [6, 6.07) is 4.41. The lowest BCUT2D eigenvalue weighted by molar-refractivity contribution is -0.384. The van der Waals surface area contributed by atoms with Crippen LogP contribution < -0.4 is 15.0 Å². The van der Waals surface area contributed by atoms with Crippen molar-refractivity contribution in [3.8, 4) is 11.5 Å². The SMILES string of the molecule is CCCCOc1c(OCCCC)c2ccc([N+](=O)[O-])cc2n(C)c1=O. The van der Waals surface area contributed by atoms with Crippen molar-refractivity contribution < 1.29 is 14.4 Å². The number of fused-ring (bicyclic) bond motifs is 1. The van der Waals surface area contributed by atoms with Crippen LogP contribution in [-0.2, 0) is 7.05 Å². The molecule has 0 fully saturated rings. The first kappa shape index (κ1) is 18.8. The lowest BCUT2D eigenvalue weighted by Gasteiger charge is -2.16. The summed E-state index contributed by atoms with van der Waals surface area (Å²) in [5, 5.41) is 11.7. The summed E-state index contributed by atoms with van der Waals surface area (Å²) < 4.78 is 12.9. The van der Waals surface area contributed by atoms with E-state index in [-0.39, 0.29) is 17.0 Å². The molecule has 0 atom stereocenters. The number of hydrogen-bond donors (Lipinski definition) is 0. The highest BCUT2D eigenvalue weighted by Gasteiger charge is 2.20. The van der Waals surface area contributed by atoms with Crippen molar-refractivity contribution in [3.05, 3.63) is 38.7 Å². The summed E-state index contributed by atoms with van der Waals surface area (Å²) in [6.45, 7) is 4.97. The lowest BCUT2D eigenvalue weighted by atomic mass is 10.1. The van der Waals surface area contributed by atoms with Crippen LogP contribution in [0.4, 0.5) is 5.69 Å². The zero-order valence-electron chi connectivity index (χ0n) is 14.9. The van der Waals surface area contributed by atoms with Gasteiger partial charge in [0.25, 0.3) is 11.2 Å². The summed E-state index contributed by atoms with van der Waals surface area (Å²) in [6.07, 6.45) is 3.58. The molecule has 2 aromatic rings. The van der Waals surface area contributed by atoms with Gasteiger partial charge in [-0.15, -0.1) is 0 Å². The maximum Gasteiger partial charge on any atom is 0.297 e. The van der Waals surface area contributed by atoms with E-state index in [0.717, 1.165) is 25.7 Å². The number of benzene rings is 1. The Labute approximate surface area is 146 Å². The van der Waals surface area contributed by atoms with Crippen molar-refractivity contribution in [1.82, 2.24) is 4.57 Å². The van der Waals surface area contributed by atoms with Crippen LogP contribution in [0.15, 0.2) is 23.0 Å². The molecule has 0 spiro atoms. The molecule has 25 heavy (non-hydrogen) atoms. The summed E-state index contributed by atoms with van der Waals surface area (Å²) in [7, 11) is 1.58. The van der Waals surface area contributed by atoms with Crippen LogP contribution in [0.25, 0.3) is 10.9 Å². The van der Waals surface area contributed by atoms with Gasteiger partial charge < -0.3 is 14.0 Å². The number of non-ortho nitro benzene ring substituents is 1. The van der Waals surface area contributed by atoms with Crippen molar-refractivity contribution in [1.29, 1.82) is 0 Å². The fourth-order valence-electron chi connectivity index (χ4n) is 2.49. The summed E-state index contributed by atoms with van der Waals surface area (Å²) in [5.41, 5.74) is 0.0331. The van der Waals surface area contributed by atoms with Crippen LogP contribution in [0.1, 0.15) is 39.5 Å². The molecule has 0 N–H and O–H groups in total. The Morgan fingerprint density at radius 1 is 1.08 bits per heavy atom. The van der Waals surface area contributed by atoms with E-state index in [1.807, 2.05) is 13.8 Å². The van der Waals surface area contributed by atoms with Gasteiger partial charge in [0.2, 0.25) is 5.75 Å². The molecule has 0 amide bonds. The Hall–Kier alpha value is -2.57. The van der Waals surface area contributed by atoms with Gasteiger partial charge in [0.15, 0.2) is 5.75 Å². The molecule has 7 nitrogen and oxygen atoms in total. The molecule has 0 aliphatic rings. The first-order chi connectivity index (χ1) is 12.0. The Balaban J connectivity index is 2.61. The number of rotatable bonds is 9. The number of unbranched alkanes of at least 4 members (excludes halogenated alkanes) is 2. The van der Waals surface area contributed by atoms with Gasteiger partial charge in [-0.05, 0) is 18.9 Å². The van der Waals surface area contributed by atoms with Crippen molar-refractivity contribution in [3.63, 3.8) is 0 Å². The second kappa shape index (κ2) is 8.50. The van der Waals surface area contributed by atoms with E-state index >= 15 is 0 Å². The summed E-state index contributed by atoms with van der Waals surface area (Å²) in [4.78, 5) is 23.3. The number of aromatic nitrogens is 1.